The van der Waals surface area contributed by atoms with Crippen molar-refractivity contribution in [2.75, 3.05) is 84.5 Å². The number of carboxylic acid groups (broad SMARTS) is 1. The molecule has 13 nitrogen and oxygen atoms in total. The number of nitro benzene ring substituents is 1. The number of rotatable bonds is 19. The number of likely N-dealkylation sites (tertiary alicyclic amines) is 1. The fraction of sp³-hybridized carbons (Fsp3) is 0.397. The van der Waals surface area contributed by atoms with Crippen LogP contribution in [0.25, 0.3) is 11.1 Å². The van der Waals surface area contributed by atoms with Gasteiger partial charge in [-0.15, -0.1) is 11.8 Å². The van der Waals surface area contributed by atoms with Crippen molar-refractivity contribution in [3.8, 4) is 0 Å². The molecule has 3 aliphatic heterocycles. The van der Waals surface area contributed by atoms with Gasteiger partial charge in [-0.05, 0) is 123 Å². The molecule has 4 aliphatic rings. The van der Waals surface area contributed by atoms with Gasteiger partial charge in [-0.1, -0.05) is 86.0 Å². The minimum absolute atomic E-state index is 0.0249. The molecule has 384 valence electrons. The number of carboxylic acids is 1. The van der Waals surface area contributed by atoms with Gasteiger partial charge in [-0.25, -0.2) is 4.79 Å². The quantitative estimate of drug-likeness (QED) is 0.0312. The molecule has 15 heteroatoms. The zero-order chi connectivity index (χ0) is 51.2. The lowest BCUT2D eigenvalue weighted by atomic mass is 9.84. The van der Waals surface area contributed by atoms with Gasteiger partial charge in [0, 0.05) is 97.1 Å². The van der Waals surface area contributed by atoms with Crippen LogP contribution in [-0.2, 0) is 13.9 Å². The molecular weight excluding hydrogens is 956 g/mol. The number of benzene rings is 5. The molecule has 0 bridgehead atoms. The summed E-state index contributed by atoms with van der Waals surface area (Å²) in [6.45, 7) is 14.6. The van der Waals surface area contributed by atoms with E-state index in [0.29, 0.717) is 29.5 Å². The molecule has 0 aromatic heterocycles. The SMILES string of the molecule is CC1=C(C(=O)O)C(c2cccc(N3CCN(c4ccc(N5CCO[P@@]5(=O)c5ccc(N[C@H](CCN6CCC(O)CC6)CSc6ccccc6)c([N+](=O)[O-])c5)cc4)CC3)c2)=C(c2ccc(C)cc2)C1CCC(C)C. The van der Waals surface area contributed by atoms with E-state index < -0.39 is 18.4 Å². The van der Waals surface area contributed by atoms with Gasteiger partial charge in [0.2, 0.25) is 0 Å². The lowest BCUT2D eigenvalue weighted by Crippen LogP contribution is -2.46. The maximum absolute atomic E-state index is 14.9. The number of nitro groups is 1. The van der Waals surface area contributed by atoms with E-state index in [4.69, 9.17) is 4.52 Å². The third-order valence-electron chi connectivity index (χ3n) is 15.0. The predicted octanol–water partition coefficient (Wildman–Crippen LogP) is 11.4. The summed E-state index contributed by atoms with van der Waals surface area (Å²) in [5.74, 6) is 0.330. The standard InChI is InChI=1S/C58H69N6O7PS/c1-40(2)13-23-52-42(4)55(58(66)67)57(56(52)43-16-14-41(3)15-17-43)44-9-8-10-48(37-44)62-33-31-61(32-34-62)46-18-20-47(21-19-46)63-35-36-71-72(63,70)50-22-24-53(54(38-50)64(68)69)59-45(39-73-51-11-6-5-7-12-51)25-28-60-29-26-49(65)27-30-60/h5-12,14-22,24,37-38,40,45,49,52,59,65H,13,23,25-36,39H2,1-4H3,(H,66,67)/t45-,52?,72+/m1/s1. The Bertz CT molecular complexity index is 2860. The first kappa shape index (κ1) is 52.0. The molecule has 3 fully saturated rings. The molecule has 3 atom stereocenters. The summed E-state index contributed by atoms with van der Waals surface area (Å²) >= 11 is 1.70. The monoisotopic (exact) mass is 1020 g/mol. The van der Waals surface area contributed by atoms with Crippen LogP contribution < -0.4 is 25.1 Å². The Morgan fingerprint density at radius 1 is 0.808 bits per heavy atom. The van der Waals surface area contributed by atoms with Crippen LogP contribution in [0, 0.1) is 28.9 Å². The van der Waals surface area contributed by atoms with Crippen LogP contribution in [0.2, 0.25) is 0 Å². The van der Waals surface area contributed by atoms with Gasteiger partial charge in [0.1, 0.15) is 5.69 Å². The fourth-order valence-corrected chi connectivity index (χ4v) is 14.1. The lowest BCUT2D eigenvalue weighted by Gasteiger charge is -2.37. The Labute approximate surface area is 434 Å². The molecule has 1 unspecified atom stereocenters. The number of thioether (sulfide) groups is 1. The summed E-state index contributed by atoms with van der Waals surface area (Å²) in [6.07, 6.45) is 3.88. The summed E-state index contributed by atoms with van der Waals surface area (Å²) in [5, 5.41) is 37.2. The van der Waals surface area contributed by atoms with Crippen LogP contribution in [0.5, 0.6) is 0 Å². The maximum Gasteiger partial charge on any atom is 0.336 e. The van der Waals surface area contributed by atoms with Gasteiger partial charge < -0.3 is 34.8 Å². The van der Waals surface area contributed by atoms with Crippen molar-refractivity contribution in [2.24, 2.45) is 11.8 Å². The minimum atomic E-state index is -3.70. The number of allylic oxidation sites excluding steroid dienone is 2. The topological polar surface area (TPSA) is 152 Å². The summed E-state index contributed by atoms with van der Waals surface area (Å²) in [4.78, 5) is 33.6. The molecule has 0 radical (unpaired) electrons. The first-order chi connectivity index (χ1) is 35.2. The Kier molecular flexibility index (Phi) is 16.5. The Morgan fingerprint density at radius 2 is 1.49 bits per heavy atom. The largest absolute Gasteiger partial charge is 0.478 e. The molecule has 3 heterocycles. The van der Waals surface area contributed by atoms with Crippen LogP contribution in [0.15, 0.2) is 137 Å². The van der Waals surface area contributed by atoms with Gasteiger partial charge in [-0.2, -0.15) is 0 Å². The Hall–Kier alpha value is -5.89. The van der Waals surface area contributed by atoms with E-state index in [1.807, 2.05) is 55.5 Å². The second-order valence-electron chi connectivity index (χ2n) is 20.3. The number of nitrogens with zero attached hydrogens (tertiary/aromatic N) is 5. The Morgan fingerprint density at radius 3 is 2.16 bits per heavy atom. The van der Waals surface area contributed by atoms with Crippen molar-refractivity contribution < 1.29 is 29.0 Å². The van der Waals surface area contributed by atoms with Crippen molar-refractivity contribution in [1.29, 1.82) is 0 Å². The van der Waals surface area contributed by atoms with E-state index >= 15 is 0 Å². The molecule has 0 spiro atoms. The summed E-state index contributed by atoms with van der Waals surface area (Å²) in [6, 6.07) is 39.7. The first-order valence-corrected chi connectivity index (χ1v) is 28.4. The number of hydrogen-bond donors (Lipinski definition) is 3. The van der Waals surface area contributed by atoms with Crippen LogP contribution >= 0.6 is 19.3 Å². The number of piperidine rings is 1. The zero-order valence-corrected chi connectivity index (χ0v) is 44.2. The van der Waals surface area contributed by atoms with Gasteiger partial charge in [0.05, 0.1) is 35.1 Å². The number of aryl methyl sites for hydroxylation is 1. The van der Waals surface area contributed by atoms with E-state index in [1.54, 1.807) is 28.6 Å². The van der Waals surface area contributed by atoms with Crippen molar-refractivity contribution in [3.63, 3.8) is 0 Å². The van der Waals surface area contributed by atoms with Crippen molar-refractivity contribution >= 4 is 70.1 Å². The van der Waals surface area contributed by atoms with Gasteiger partial charge in [0.15, 0.2) is 0 Å². The van der Waals surface area contributed by atoms with Crippen molar-refractivity contribution in [2.45, 2.75) is 76.8 Å². The number of nitrogens with one attached hydrogen (secondary N) is 1. The van der Waals surface area contributed by atoms with E-state index in [9.17, 15) is 29.7 Å². The normalized spacial score (nSPS) is 20.4. The number of hydrogen-bond acceptors (Lipinski definition) is 11. The summed E-state index contributed by atoms with van der Waals surface area (Å²) < 4.78 is 22.7. The third-order valence-corrected chi connectivity index (χ3v) is 18.7. The molecule has 73 heavy (non-hydrogen) atoms. The molecule has 0 saturated carbocycles. The summed E-state index contributed by atoms with van der Waals surface area (Å²) in [5.41, 5.74) is 9.46. The lowest BCUT2D eigenvalue weighted by molar-refractivity contribution is -0.383. The van der Waals surface area contributed by atoms with Gasteiger partial charge in [0.25, 0.3) is 5.69 Å². The number of aliphatic carboxylic acids is 1. The molecule has 3 saturated heterocycles. The number of carbonyl (C=O) groups is 1. The highest BCUT2D eigenvalue weighted by Gasteiger charge is 2.41. The molecule has 1 aliphatic carbocycles. The smallest absolute Gasteiger partial charge is 0.336 e. The second-order valence-corrected chi connectivity index (χ2v) is 23.7. The van der Waals surface area contributed by atoms with Gasteiger partial charge in [-0.3, -0.25) is 19.3 Å². The van der Waals surface area contributed by atoms with E-state index in [0.717, 1.165) is 133 Å². The number of piperazine rings is 1. The highest BCUT2D eigenvalue weighted by atomic mass is 32.2. The minimum Gasteiger partial charge on any atom is -0.478 e. The number of aliphatic hydroxyl groups excluding tert-OH is 1. The van der Waals surface area contributed by atoms with Crippen molar-refractivity contribution in [3.05, 3.63) is 159 Å². The summed E-state index contributed by atoms with van der Waals surface area (Å²) in [7, 11) is -3.70. The van der Waals surface area contributed by atoms with E-state index in [2.05, 4.69) is 95.4 Å². The predicted molar refractivity (Wildman–Crippen MR) is 298 cm³/mol. The number of aliphatic hydroxyl groups is 1. The van der Waals surface area contributed by atoms with Crippen LogP contribution in [-0.4, -0.2) is 103 Å². The zero-order valence-electron chi connectivity index (χ0n) is 42.5. The third kappa shape index (κ3) is 11.9. The van der Waals surface area contributed by atoms with E-state index in [-0.39, 0.29) is 35.7 Å². The second kappa shape index (κ2) is 23.1. The molecular formula is C58H69N6O7PS. The number of anilines is 4. The average molecular weight is 1030 g/mol. The van der Waals surface area contributed by atoms with Crippen LogP contribution in [0.1, 0.15) is 69.6 Å². The van der Waals surface area contributed by atoms with Crippen LogP contribution in [0.3, 0.4) is 0 Å². The fourth-order valence-electron chi connectivity index (χ4n) is 10.9. The van der Waals surface area contributed by atoms with E-state index in [1.165, 1.54) is 6.07 Å². The maximum atomic E-state index is 14.9. The Balaban J connectivity index is 0.883. The first-order valence-electron chi connectivity index (χ1n) is 25.9. The van der Waals surface area contributed by atoms with Crippen molar-refractivity contribution in [1.82, 2.24) is 4.90 Å². The highest BCUT2D eigenvalue weighted by molar-refractivity contribution is 7.99. The highest BCUT2D eigenvalue weighted by Crippen LogP contribution is 2.56. The molecule has 9 rings (SSSR count). The average Bonchev–Trinajstić information content (AvgIpc) is 3.95. The molecule has 3 N–H and O–H groups in total. The molecule has 0 amide bonds. The molecule has 5 aromatic rings. The van der Waals surface area contributed by atoms with Gasteiger partial charge >= 0.3 is 13.5 Å². The molecule has 5 aromatic carbocycles. The van der Waals surface area contributed by atoms with Crippen LogP contribution in [0.4, 0.5) is 28.4 Å².